The quantitative estimate of drug-likeness (QED) is 0.142. The van der Waals surface area contributed by atoms with E-state index in [-0.39, 0.29) is 23.0 Å². The molecule has 3 aromatic carbocycles. The van der Waals surface area contributed by atoms with Gasteiger partial charge < -0.3 is 18.8 Å². The van der Waals surface area contributed by atoms with E-state index in [0.717, 1.165) is 59.5 Å². The number of rotatable bonds is 9. The number of aryl methyl sites for hydroxylation is 1. The minimum Gasteiger partial charge on any atom is -0.506 e. The summed E-state index contributed by atoms with van der Waals surface area (Å²) in [4.78, 5) is 24.6. The van der Waals surface area contributed by atoms with Crippen molar-refractivity contribution in [2.75, 3.05) is 0 Å². The summed E-state index contributed by atoms with van der Waals surface area (Å²) in [7, 11) is -4.52. The molecule has 1 aromatic heterocycles. The van der Waals surface area contributed by atoms with Crippen molar-refractivity contribution in [3.63, 3.8) is 0 Å². The number of phenolic OH excluding ortho intramolecular Hbond substituents is 1. The first-order chi connectivity index (χ1) is 20.0. The van der Waals surface area contributed by atoms with E-state index in [0.29, 0.717) is 34.6 Å². The number of phenols is 1. The van der Waals surface area contributed by atoms with Crippen LogP contribution in [0.5, 0.6) is 11.5 Å². The Morgan fingerprint density at radius 2 is 1.69 bits per heavy atom. The summed E-state index contributed by atoms with van der Waals surface area (Å²) in [5.41, 5.74) is 2.91. The highest BCUT2D eigenvalue weighted by molar-refractivity contribution is 9.10. The number of aromatic carboxylic acids is 1. The summed E-state index contributed by atoms with van der Waals surface area (Å²) in [6, 6.07) is 15.4. The predicted molar refractivity (Wildman–Crippen MR) is 159 cm³/mol. The van der Waals surface area contributed by atoms with E-state index < -0.39 is 26.7 Å². The topological polar surface area (TPSA) is 131 Å². The van der Waals surface area contributed by atoms with Crippen LogP contribution in [0.25, 0.3) is 0 Å². The van der Waals surface area contributed by atoms with E-state index in [1.165, 1.54) is 12.1 Å². The van der Waals surface area contributed by atoms with Gasteiger partial charge in [0, 0.05) is 22.0 Å². The number of hydrogen-bond donors (Lipinski definition) is 2. The van der Waals surface area contributed by atoms with Gasteiger partial charge in [-0.25, -0.2) is 4.79 Å². The summed E-state index contributed by atoms with van der Waals surface area (Å²) in [6.45, 7) is 3.67. The zero-order valence-electron chi connectivity index (χ0n) is 23.0. The highest BCUT2D eigenvalue weighted by Crippen LogP contribution is 2.41. The van der Waals surface area contributed by atoms with Crippen LogP contribution >= 0.6 is 15.9 Å². The fourth-order valence-electron chi connectivity index (χ4n) is 5.42. The van der Waals surface area contributed by atoms with Gasteiger partial charge in [0.25, 0.3) is 0 Å². The minimum atomic E-state index is -4.52. The molecule has 0 spiro atoms. The molecule has 8 nitrogen and oxygen atoms in total. The normalized spacial score (nSPS) is 13.8. The van der Waals surface area contributed by atoms with Crippen molar-refractivity contribution < 1.29 is 36.8 Å². The highest BCUT2D eigenvalue weighted by Gasteiger charge is 2.29. The molecule has 1 aliphatic rings. The maximum absolute atomic E-state index is 14.0. The smallest absolute Gasteiger partial charge is 0.342 e. The Morgan fingerprint density at radius 3 is 2.36 bits per heavy atom. The number of benzene rings is 3. The monoisotopic (exact) mass is 652 g/mol. The van der Waals surface area contributed by atoms with Crippen LogP contribution < -0.4 is 4.18 Å². The lowest BCUT2D eigenvalue weighted by atomic mass is 9.91. The van der Waals surface area contributed by atoms with Crippen LogP contribution in [0.3, 0.4) is 0 Å². The number of aromatic hydroxyl groups is 1. The lowest BCUT2D eigenvalue weighted by Crippen LogP contribution is -2.13. The zero-order chi connectivity index (χ0) is 30.2. The first-order valence-electron chi connectivity index (χ1n) is 13.5. The molecule has 0 atom stereocenters. The second-order valence-corrected chi connectivity index (χ2v) is 12.8. The number of ketones is 1. The second kappa shape index (κ2) is 11.8. The molecule has 2 N–H and O–H groups in total. The summed E-state index contributed by atoms with van der Waals surface area (Å²) in [5, 5.41) is 19.4. The molecule has 10 heteroatoms. The SMILES string of the molecule is Cc1oc(Cc2ccccc2Br)c(C(=O)c2ccc(OS(=O)(=O)c3ccc(C(=O)O)cc3O)c(C3CCCC3)c2)c1C. The molecule has 0 amide bonds. The molecule has 0 radical (unpaired) electrons. The highest BCUT2D eigenvalue weighted by atomic mass is 79.9. The van der Waals surface area contributed by atoms with Gasteiger partial charge in [0.05, 0.1) is 11.1 Å². The molecule has 0 saturated heterocycles. The van der Waals surface area contributed by atoms with E-state index in [4.69, 9.17) is 13.7 Å². The molecule has 4 aromatic rings. The first kappa shape index (κ1) is 29.6. The maximum atomic E-state index is 14.0. The van der Waals surface area contributed by atoms with Crippen molar-refractivity contribution in [1.29, 1.82) is 0 Å². The standard InChI is InChI=1S/C32H29BrO8S/c1-18-19(2)40-28(17-21-9-5-6-10-25(21)33)30(18)31(35)22-11-13-27(24(15-22)20-7-3-4-8-20)41-42(38,39)29-14-12-23(32(36)37)16-26(29)34/h5-6,9-16,20,34H,3-4,7-8,17H2,1-2H3,(H,36,37). The maximum Gasteiger partial charge on any atom is 0.342 e. The predicted octanol–water partition coefficient (Wildman–Crippen LogP) is 7.31. The zero-order valence-corrected chi connectivity index (χ0v) is 25.4. The number of carbonyl (C=O) groups is 2. The third-order valence-corrected chi connectivity index (χ3v) is 9.79. The number of hydrogen-bond acceptors (Lipinski definition) is 7. The second-order valence-electron chi connectivity index (χ2n) is 10.4. The van der Waals surface area contributed by atoms with E-state index >= 15 is 0 Å². The van der Waals surface area contributed by atoms with E-state index in [9.17, 15) is 23.1 Å². The molecule has 5 rings (SSSR count). The summed E-state index contributed by atoms with van der Waals surface area (Å²) >= 11 is 3.56. The Kier molecular flexibility index (Phi) is 8.30. The summed E-state index contributed by atoms with van der Waals surface area (Å²) in [5.74, 6) is -1.02. The Balaban J connectivity index is 1.52. The Hall–Kier alpha value is -3.89. The van der Waals surface area contributed by atoms with Gasteiger partial charge in [-0.1, -0.05) is 47.0 Å². The van der Waals surface area contributed by atoms with E-state index in [2.05, 4.69) is 15.9 Å². The van der Waals surface area contributed by atoms with Crippen LogP contribution in [0, 0.1) is 13.8 Å². The Morgan fingerprint density at radius 1 is 1.00 bits per heavy atom. The molecule has 1 aliphatic carbocycles. The van der Waals surface area contributed by atoms with E-state index in [1.54, 1.807) is 6.07 Å². The Bertz CT molecular complexity index is 1800. The van der Waals surface area contributed by atoms with Crippen LogP contribution in [0.4, 0.5) is 0 Å². The number of furan rings is 1. The van der Waals surface area contributed by atoms with Gasteiger partial charge in [-0.05, 0) is 86.2 Å². The van der Waals surface area contributed by atoms with Crippen LogP contribution in [-0.4, -0.2) is 30.4 Å². The molecule has 218 valence electrons. The summed E-state index contributed by atoms with van der Waals surface area (Å²) in [6.07, 6.45) is 3.95. The fourth-order valence-corrected chi connectivity index (χ4v) is 6.88. The molecule has 0 bridgehead atoms. The van der Waals surface area contributed by atoms with Crippen molar-refractivity contribution in [2.45, 2.75) is 56.8 Å². The average Bonchev–Trinajstić information content (AvgIpc) is 3.57. The van der Waals surface area contributed by atoms with Gasteiger partial charge >= 0.3 is 16.1 Å². The molecule has 1 fully saturated rings. The van der Waals surface area contributed by atoms with Crippen LogP contribution in [0.15, 0.2) is 74.4 Å². The Labute approximate surface area is 252 Å². The van der Waals surface area contributed by atoms with Gasteiger partial charge in [0.15, 0.2) is 5.78 Å². The third kappa shape index (κ3) is 5.87. The molecule has 1 saturated carbocycles. The minimum absolute atomic E-state index is 0.0159. The van der Waals surface area contributed by atoms with Crippen LogP contribution in [-0.2, 0) is 16.5 Å². The molecule has 1 heterocycles. The summed E-state index contributed by atoms with van der Waals surface area (Å²) < 4.78 is 38.9. The fraction of sp³-hybridized carbons (Fsp3) is 0.250. The van der Waals surface area contributed by atoms with E-state index in [1.807, 2.05) is 38.1 Å². The van der Waals surface area contributed by atoms with Crippen molar-refractivity contribution in [2.24, 2.45) is 0 Å². The number of halogens is 1. The molecular weight excluding hydrogens is 624 g/mol. The van der Waals surface area contributed by atoms with Gasteiger partial charge in [-0.15, -0.1) is 0 Å². The lowest BCUT2D eigenvalue weighted by Gasteiger charge is -2.18. The van der Waals surface area contributed by atoms with Gasteiger partial charge in [0.1, 0.15) is 27.9 Å². The largest absolute Gasteiger partial charge is 0.506 e. The number of carbonyl (C=O) groups excluding carboxylic acids is 1. The van der Waals surface area contributed by atoms with Gasteiger partial charge in [0.2, 0.25) is 0 Å². The third-order valence-electron chi connectivity index (χ3n) is 7.74. The average molecular weight is 654 g/mol. The first-order valence-corrected chi connectivity index (χ1v) is 15.7. The van der Waals surface area contributed by atoms with Crippen molar-refractivity contribution in [1.82, 2.24) is 0 Å². The van der Waals surface area contributed by atoms with Crippen molar-refractivity contribution in [3.05, 3.63) is 110 Å². The van der Waals surface area contributed by atoms with Gasteiger partial charge in [-0.3, -0.25) is 4.79 Å². The number of carboxylic acid groups (broad SMARTS) is 1. The molecule has 0 aliphatic heterocycles. The van der Waals surface area contributed by atoms with Crippen LogP contribution in [0.1, 0.15) is 86.1 Å². The molecular formula is C32H29BrO8S. The van der Waals surface area contributed by atoms with Gasteiger partial charge in [-0.2, -0.15) is 8.42 Å². The van der Waals surface area contributed by atoms with Crippen molar-refractivity contribution >= 4 is 37.8 Å². The van der Waals surface area contributed by atoms with Crippen LogP contribution in [0.2, 0.25) is 0 Å². The number of carboxylic acids is 1. The van der Waals surface area contributed by atoms with Crippen molar-refractivity contribution in [3.8, 4) is 11.5 Å². The molecule has 0 unspecified atom stereocenters. The lowest BCUT2D eigenvalue weighted by molar-refractivity contribution is 0.0696. The molecule has 42 heavy (non-hydrogen) atoms.